The second-order valence-electron chi connectivity index (χ2n) is 9.70. The lowest BCUT2D eigenvalue weighted by Gasteiger charge is -2.29. The third-order valence-corrected chi connectivity index (χ3v) is 8.13. The van der Waals surface area contributed by atoms with Crippen molar-refractivity contribution in [2.24, 2.45) is 0 Å². The quantitative estimate of drug-likeness (QED) is 0.176. The number of ether oxygens (including phenoxy) is 3. The van der Waals surface area contributed by atoms with Crippen molar-refractivity contribution in [2.45, 2.75) is 81.6 Å². The SMILES string of the molecule is CC(O)COc1nc(NC2CCCC2)c2cnn([C@@H]3O[C@H](COC(C)(CO)P(=O)(O)O)[C@@H](O)[C@H]3O)c2n1. The topological polar surface area (TPSA) is 222 Å². The van der Waals surface area contributed by atoms with Crippen LogP contribution in [-0.2, 0) is 14.0 Å². The Morgan fingerprint density at radius 1 is 1.27 bits per heavy atom. The molecule has 1 saturated heterocycles. The molecule has 16 heteroatoms. The lowest BCUT2D eigenvalue weighted by molar-refractivity contribution is -0.104. The fourth-order valence-corrected chi connectivity index (χ4v) is 4.70. The van der Waals surface area contributed by atoms with E-state index in [0.29, 0.717) is 11.2 Å². The molecule has 2 fully saturated rings. The van der Waals surface area contributed by atoms with Gasteiger partial charge in [0, 0.05) is 6.04 Å². The number of nitrogens with zero attached hydrogens (tertiary/aromatic N) is 4. The number of fused-ring (bicyclic) bond motifs is 1. The Morgan fingerprint density at radius 3 is 2.59 bits per heavy atom. The highest BCUT2D eigenvalue weighted by Crippen LogP contribution is 2.51. The average Bonchev–Trinajstić information content (AvgIpc) is 3.56. The summed E-state index contributed by atoms with van der Waals surface area (Å²) in [6.07, 6.45) is -0.530. The predicted molar refractivity (Wildman–Crippen MR) is 128 cm³/mol. The van der Waals surface area contributed by atoms with Crippen LogP contribution in [0, 0.1) is 0 Å². The molecule has 3 heterocycles. The summed E-state index contributed by atoms with van der Waals surface area (Å²) in [6.45, 7) is 1.04. The molecule has 2 aromatic rings. The molecule has 2 aliphatic rings. The van der Waals surface area contributed by atoms with Gasteiger partial charge in [0.05, 0.1) is 30.9 Å². The maximum Gasteiger partial charge on any atom is 0.359 e. The first-order valence-corrected chi connectivity index (χ1v) is 13.7. The summed E-state index contributed by atoms with van der Waals surface area (Å²) >= 11 is 0. The van der Waals surface area contributed by atoms with Crippen molar-refractivity contribution in [3.05, 3.63) is 6.20 Å². The zero-order valence-corrected chi connectivity index (χ0v) is 21.4. The third-order valence-electron chi connectivity index (χ3n) is 6.63. The molecule has 1 aliphatic heterocycles. The van der Waals surface area contributed by atoms with Crippen molar-refractivity contribution in [3.63, 3.8) is 0 Å². The molecule has 0 radical (unpaired) electrons. The first kappa shape index (κ1) is 28.1. The van der Waals surface area contributed by atoms with Gasteiger partial charge in [0.2, 0.25) is 0 Å². The van der Waals surface area contributed by atoms with E-state index >= 15 is 0 Å². The Bertz CT molecular complexity index is 1120. The summed E-state index contributed by atoms with van der Waals surface area (Å²) in [5.74, 6) is 0.469. The molecule has 15 nitrogen and oxygen atoms in total. The van der Waals surface area contributed by atoms with E-state index in [0.717, 1.165) is 32.6 Å². The van der Waals surface area contributed by atoms with E-state index in [1.54, 1.807) is 6.92 Å². The summed E-state index contributed by atoms with van der Waals surface area (Å²) in [5, 5.41) is 46.3. The van der Waals surface area contributed by atoms with Crippen LogP contribution in [0.3, 0.4) is 0 Å². The van der Waals surface area contributed by atoms with Gasteiger partial charge in [-0.3, -0.25) is 4.57 Å². The fraction of sp³-hybridized carbons (Fsp3) is 0.762. The van der Waals surface area contributed by atoms with Gasteiger partial charge in [0.15, 0.2) is 17.2 Å². The highest BCUT2D eigenvalue weighted by atomic mass is 31.2. The van der Waals surface area contributed by atoms with Gasteiger partial charge < -0.3 is 49.7 Å². The van der Waals surface area contributed by atoms with E-state index < -0.39 is 56.8 Å². The number of rotatable bonds is 11. The minimum atomic E-state index is -4.86. The summed E-state index contributed by atoms with van der Waals surface area (Å²) in [7, 11) is -4.86. The minimum absolute atomic E-state index is 0.0241. The zero-order chi connectivity index (χ0) is 27.0. The van der Waals surface area contributed by atoms with E-state index in [1.807, 2.05) is 0 Å². The predicted octanol–water partition coefficient (Wildman–Crippen LogP) is -0.538. The van der Waals surface area contributed by atoms with E-state index in [4.69, 9.17) is 14.2 Å². The van der Waals surface area contributed by atoms with Crippen LogP contribution in [0.25, 0.3) is 11.0 Å². The number of nitrogens with one attached hydrogen (secondary N) is 1. The highest BCUT2D eigenvalue weighted by molar-refractivity contribution is 7.53. The van der Waals surface area contributed by atoms with Crippen LogP contribution in [0.1, 0.15) is 45.8 Å². The van der Waals surface area contributed by atoms with Gasteiger partial charge in [-0.05, 0) is 26.7 Å². The fourth-order valence-electron chi connectivity index (χ4n) is 4.28. The molecule has 6 atom stereocenters. The van der Waals surface area contributed by atoms with Gasteiger partial charge in [0.1, 0.15) is 30.7 Å². The lowest BCUT2D eigenvalue weighted by atomic mass is 10.1. The molecule has 4 rings (SSSR count). The first-order chi connectivity index (χ1) is 17.4. The van der Waals surface area contributed by atoms with Crippen LogP contribution in [0.5, 0.6) is 6.01 Å². The van der Waals surface area contributed by atoms with E-state index in [-0.39, 0.29) is 24.3 Å². The smallest absolute Gasteiger partial charge is 0.359 e. The summed E-state index contributed by atoms with van der Waals surface area (Å²) in [4.78, 5) is 27.8. The summed E-state index contributed by atoms with van der Waals surface area (Å²) in [5.41, 5.74) is 0.240. The third kappa shape index (κ3) is 5.90. The Balaban J connectivity index is 1.60. The van der Waals surface area contributed by atoms with Crippen molar-refractivity contribution in [1.82, 2.24) is 19.7 Å². The Kier molecular flexibility index (Phi) is 8.38. The Hall–Kier alpha value is -1.94. The van der Waals surface area contributed by atoms with Crippen LogP contribution < -0.4 is 10.1 Å². The molecule has 2 unspecified atom stereocenters. The standard InChI is InChI=1S/C21H34N5O10P/c1-11(28)8-34-20-24-17(23-12-5-3-4-6-12)13-7-22-26(18(13)25-20)19-16(30)15(29)14(36-19)9-35-21(2,10-27)37(31,32)33/h7,11-12,14-16,19,27-30H,3-6,8-10H2,1-2H3,(H,23,24,25)(H2,31,32,33)/t11?,14-,15-,16-,19-,21?/m1/s1. The molecule has 0 aromatic carbocycles. The second-order valence-corrected chi connectivity index (χ2v) is 11.7. The molecular weight excluding hydrogens is 513 g/mol. The molecule has 0 bridgehead atoms. The Labute approximate surface area is 212 Å². The van der Waals surface area contributed by atoms with Gasteiger partial charge in [-0.15, -0.1) is 0 Å². The van der Waals surface area contributed by atoms with Crippen LogP contribution in [0.2, 0.25) is 0 Å². The van der Waals surface area contributed by atoms with Crippen LogP contribution in [0.4, 0.5) is 5.82 Å². The number of aliphatic hydroxyl groups is 4. The van der Waals surface area contributed by atoms with E-state index in [9.17, 15) is 34.8 Å². The molecule has 7 N–H and O–H groups in total. The Morgan fingerprint density at radius 2 is 1.97 bits per heavy atom. The van der Waals surface area contributed by atoms with Crippen molar-refractivity contribution >= 4 is 24.4 Å². The van der Waals surface area contributed by atoms with Gasteiger partial charge in [-0.25, -0.2) is 4.68 Å². The molecule has 1 saturated carbocycles. The van der Waals surface area contributed by atoms with Gasteiger partial charge in [-0.2, -0.15) is 15.1 Å². The van der Waals surface area contributed by atoms with E-state index in [2.05, 4.69) is 20.4 Å². The van der Waals surface area contributed by atoms with Crippen LogP contribution >= 0.6 is 7.60 Å². The zero-order valence-electron chi connectivity index (χ0n) is 20.5. The normalized spacial score (nSPS) is 27.5. The number of aromatic nitrogens is 4. The molecule has 208 valence electrons. The molecule has 37 heavy (non-hydrogen) atoms. The van der Waals surface area contributed by atoms with Crippen molar-refractivity contribution in [3.8, 4) is 6.01 Å². The molecular formula is C21H34N5O10P. The summed E-state index contributed by atoms with van der Waals surface area (Å²) in [6, 6.07) is 0.182. The minimum Gasteiger partial charge on any atom is -0.461 e. The van der Waals surface area contributed by atoms with Crippen molar-refractivity contribution < 1.29 is 49.0 Å². The van der Waals surface area contributed by atoms with E-state index in [1.165, 1.54) is 10.9 Å². The molecule has 0 amide bonds. The largest absolute Gasteiger partial charge is 0.461 e. The van der Waals surface area contributed by atoms with Gasteiger partial charge in [0.25, 0.3) is 0 Å². The lowest BCUT2D eigenvalue weighted by Crippen LogP contribution is -2.39. The monoisotopic (exact) mass is 547 g/mol. The maximum absolute atomic E-state index is 11.7. The molecule has 1 aliphatic carbocycles. The molecule has 0 spiro atoms. The summed E-state index contributed by atoms with van der Waals surface area (Å²) < 4.78 is 29.5. The van der Waals surface area contributed by atoms with Crippen LogP contribution in [-0.4, -0.2) is 106 Å². The average molecular weight is 548 g/mol. The number of anilines is 1. The first-order valence-electron chi connectivity index (χ1n) is 12.1. The second kappa shape index (κ2) is 11.0. The highest BCUT2D eigenvalue weighted by Gasteiger charge is 2.48. The van der Waals surface area contributed by atoms with Crippen LogP contribution in [0.15, 0.2) is 6.20 Å². The number of hydrogen-bond acceptors (Lipinski definition) is 12. The number of hydrogen-bond donors (Lipinski definition) is 7. The number of aliphatic hydroxyl groups excluding tert-OH is 4. The maximum atomic E-state index is 11.7. The molecule has 2 aromatic heterocycles. The van der Waals surface area contributed by atoms with Crippen molar-refractivity contribution in [2.75, 3.05) is 25.1 Å². The van der Waals surface area contributed by atoms with Gasteiger partial charge >= 0.3 is 13.6 Å². The van der Waals surface area contributed by atoms with Crippen molar-refractivity contribution in [1.29, 1.82) is 0 Å². The van der Waals surface area contributed by atoms with Gasteiger partial charge in [-0.1, -0.05) is 12.8 Å².